The summed E-state index contributed by atoms with van der Waals surface area (Å²) in [4.78, 5) is 31.4. The molecule has 0 fully saturated rings. The summed E-state index contributed by atoms with van der Waals surface area (Å²) in [5.41, 5.74) is 3.61. The maximum atomic E-state index is 11.4. The second kappa shape index (κ2) is 6.64. The van der Waals surface area contributed by atoms with Gasteiger partial charge in [0, 0.05) is 29.8 Å². The predicted octanol–water partition coefficient (Wildman–Crippen LogP) is 2.72. The molecule has 0 saturated carbocycles. The molecule has 0 spiro atoms. The van der Waals surface area contributed by atoms with Crippen molar-refractivity contribution >= 4 is 18.0 Å². The van der Waals surface area contributed by atoms with Crippen LogP contribution in [0.1, 0.15) is 28.7 Å². The summed E-state index contributed by atoms with van der Waals surface area (Å²) in [7, 11) is 0. The minimum absolute atomic E-state index is 0.231. The Morgan fingerprint density at radius 1 is 1.16 bits per heavy atom. The molecule has 1 aromatic carbocycles. The monoisotopic (exact) mass is 335 g/mol. The van der Waals surface area contributed by atoms with Gasteiger partial charge in [-0.2, -0.15) is 10.1 Å². The number of anilines is 1. The van der Waals surface area contributed by atoms with E-state index in [1.54, 1.807) is 28.9 Å². The van der Waals surface area contributed by atoms with E-state index in [-0.39, 0.29) is 5.91 Å². The topological polar surface area (TPSA) is 89.8 Å². The smallest absolute Gasteiger partial charge is 0.253 e. The fourth-order valence-electron chi connectivity index (χ4n) is 2.52. The van der Waals surface area contributed by atoms with Crippen LogP contribution in [0.15, 0.2) is 36.4 Å². The molecule has 126 valence electrons. The first-order valence-corrected chi connectivity index (χ1v) is 7.72. The van der Waals surface area contributed by atoms with E-state index in [1.807, 2.05) is 26.0 Å². The van der Waals surface area contributed by atoms with Gasteiger partial charge in [-0.3, -0.25) is 9.59 Å². The Labute approximate surface area is 144 Å². The number of carbonyl (C=O) groups excluding carboxylic acids is 2. The molecule has 3 aromatic rings. The lowest BCUT2D eigenvalue weighted by Crippen LogP contribution is -2.12. The van der Waals surface area contributed by atoms with Crippen molar-refractivity contribution in [3.05, 3.63) is 53.3 Å². The lowest BCUT2D eigenvalue weighted by atomic mass is 10.1. The van der Waals surface area contributed by atoms with Gasteiger partial charge in [0.15, 0.2) is 0 Å². The molecule has 0 atom stereocenters. The lowest BCUT2D eigenvalue weighted by molar-refractivity contribution is -0.114. The van der Waals surface area contributed by atoms with Crippen molar-refractivity contribution in [2.75, 3.05) is 5.32 Å². The Morgan fingerprint density at radius 2 is 1.96 bits per heavy atom. The first-order chi connectivity index (χ1) is 12.0. The summed E-state index contributed by atoms with van der Waals surface area (Å²) >= 11 is 0. The van der Waals surface area contributed by atoms with Crippen LogP contribution in [0.3, 0.4) is 0 Å². The third kappa shape index (κ3) is 3.60. The van der Waals surface area contributed by atoms with E-state index in [9.17, 15) is 9.59 Å². The van der Waals surface area contributed by atoms with Gasteiger partial charge in [0.25, 0.3) is 5.95 Å². The number of nitrogens with one attached hydrogen (secondary N) is 1. The van der Waals surface area contributed by atoms with Gasteiger partial charge in [-0.05, 0) is 26.0 Å². The second-order valence-electron chi connectivity index (χ2n) is 5.70. The van der Waals surface area contributed by atoms with Crippen LogP contribution in [0.4, 0.5) is 5.82 Å². The highest BCUT2D eigenvalue weighted by Gasteiger charge is 2.12. The Kier molecular flexibility index (Phi) is 4.38. The van der Waals surface area contributed by atoms with E-state index >= 15 is 0 Å². The highest BCUT2D eigenvalue weighted by atomic mass is 16.1. The number of amides is 1. The molecule has 7 heteroatoms. The maximum absolute atomic E-state index is 11.4. The van der Waals surface area contributed by atoms with Crippen LogP contribution >= 0.6 is 0 Å². The van der Waals surface area contributed by atoms with Crippen molar-refractivity contribution in [2.45, 2.75) is 20.8 Å². The van der Waals surface area contributed by atoms with Crippen LogP contribution < -0.4 is 5.32 Å². The predicted molar refractivity (Wildman–Crippen MR) is 93.8 cm³/mol. The molecular formula is C18H17N5O2. The van der Waals surface area contributed by atoms with Crippen molar-refractivity contribution in [2.24, 2.45) is 0 Å². The van der Waals surface area contributed by atoms with Gasteiger partial charge >= 0.3 is 0 Å². The lowest BCUT2D eigenvalue weighted by Gasteiger charge is -2.10. The van der Waals surface area contributed by atoms with Gasteiger partial charge in [-0.15, -0.1) is 0 Å². The van der Waals surface area contributed by atoms with Crippen molar-refractivity contribution in [3.63, 3.8) is 0 Å². The normalized spacial score (nSPS) is 10.5. The Hall–Kier alpha value is -3.35. The maximum Gasteiger partial charge on any atom is 0.253 e. The zero-order valence-corrected chi connectivity index (χ0v) is 14.1. The summed E-state index contributed by atoms with van der Waals surface area (Å²) in [6, 6.07) is 10.7. The zero-order chi connectivity index (χ0) is 18.0. The van der Waals surface area contributed by atoms with Gasteiger partial charge in [0.2, 0.25) is 5.91 Å². The van der Waals surface area contributed by atoms with E-state index in [0.29, 0.717) is 23.0 Å². The number of hydrogen-bond acceptors (Lipinski definition) is 5. The molecule has 1 amide bonds. The van der Waals surface area contributed by atoms with Crippen LogP contribution in [0.25, 0.3) is 17.2 Å². The Bertz CT molecular complexity index is 962. The molecule has 7 nitrogen and oxygen atoms in total. The standard InChI is InChI=1S/C18H17N5O2/c1-11-7-12(2)23(22-11)18-20-16(9-17(21-18)19-13(3)25)15-6-4-5-14(8-15)10-24/h4-10H,1-3H3,(H,19,20,21,25). The number of aldehydes is 1. The molecule has 2 heterocycles. The molecule has 0 aliphatic carbocycles. The summed E-state index contributed by atoms with van der Waals surface area (Å²) < 4.78 is 1.62. The third-order valence-corrected chi connectivity index (χ3v) is 3.54. The Balaban J connectivity index is 2.17. The number of aryl methyl sites for hydroxylation is 2. The molecule has 0 aliphatic heterocycles. The molecule has 0 aliphatic rings. The Morgan fingerprint density at radius 3 is 2.60 bits per heavy atom. The molecule has 0 bridgehead atoms. The van der Waals surface area contributed by atoms with Crippen molar-refractivity contribution < 1.29 is 9.59 Å². The van der Waals surface area contributed by atoms with Crippen LogP contribution in [0.5, 0.6) is 0 Å². The molecule has 1 N–H and O–H groups in total. The third-order valence-electron chi connectivity index (χ3n) is 3.54. The van der Waals surface area contributed by atoms with Crippen molar-refractivity contribution in [1.82, 2.24) is 19.7 Å². The average molecular weight is 335 g/mol. The van der Waals surface area contributed by atoms with Gasteiger partial charge in [0.1, 0.15) is 12.1 Å². The van der Waals surface area contributed by atoms with Crippen LogP contribution in [0.2, 0.25) is 0 Å². The summed E-state index contributed by atoms with van der Waals surface area (Å²) in [6.45, 7) is 5.20. The second-order valence-corrected chi connectivity index (χ2v) is 5.70. The van der Waals surface area contributed by atoms with Gasteiger partial charge < -0.3 is 5.32 Å². The van der Waals surface area contributed by atoms with Gasteiger partial charge in [-0.25, -0.2) is 9.67 Å². The van der Waals surface area contributed by atoms with Crippen molar-refractivity contribution in [3.8, 4) is 17.2 Å². The zero-order valence-electron chi connectivity index (χ0n) is 14.1. The van der Waals surface area contributed by atoms with Crippen LogP contribution in [-0.2, 0) is 4.79 Å². The SMILES string of the molecule is CC(=O)Nc1cc(-c2cccc(C=O)c2)nc(-n2nc(C)cc2C)n1. The fraction of sp³-hybridized carbons (Fsp3) is 0.167. The fourth-order valence-corrected chi connectivity index (χ4v) is 2.52. The van der Waals surface area contributed by atoms with Gasteiger partial charge in [0.05, 0.1) is 11.4 Å². The molecule has 2 aromatic heterocycles. The van der Waals surface area contributed by atoms with Crippen molar-refractivity contribution in [1.29, 1.82) is 0 Å². The molecular weight excluding hydrogens is 318 g/mol. The first-order valence-electron chi connectivity index (χ1n) is 7.72. The molecule has 3 rings (SSSR count). The van der Waals surface area contributed by atoms with E-state index in [4.69, 9.17) is 0 Å². The van der Waals surface area contributed by atoms with E-state index in [1.165, 1.54) is 6.92 Å². The summed E-state index contributed by atoms with van der Waals surface area (Å²) in [6.07, 6.45) is 0.779. The largest absolute Gasteiger partial charge is 0.311 e. The number of carbonyl (C=O) groups is 2. The summed E-state index contributed by atoms with van der Waals surface area (Å²) in [5.74, 6) is 0.491. The molecule has 0 saturated heterocycles. The molecule has 0 radical (unpaired) electrons. The molecule has 0 unspecified atom stereocenters. The van der Waals surface area contributed by atoms with Crippen LogP contribution in [0, 0.1) is 13.8 Å². The first kappa shape index (κ1) is 16.5. The average Bonchev–Trinajstić information content (AvgIpc) is 2.92. The highest BCUT2D eigenvalue weighted by molar-refractivity contribution is 5.88. The van der Waals surface area contributed by atoms with E-state index in [0.717, 1.165) is 23.2 Å². The quantitative estimate of drug-likeness (QED) is 0.740. The van der Waals surface area contributed by atoms with E-state index in [2.05, 4.69) is 20.4 Å². The molecule has 25 heavy (non-hydrogen) atoms. The number of benzene rings is 1. The number of aromatic nitrogens is 4. The van der Waals surface area contributed by atoms with E-state index < -0.39 is 0 Å². The minimum Gasteiger partial charge on any atom is -0.311 e. The summed E-state index contributed by atoms with van der Waals surface area (Å²) in [5, 5.41) is 7.07. The highest BCUT2D eigenvalue weighted by Crippen LogP contribution is 2.22. The number of hydrogen-bond donors (Lipinski definition) is 1. The number of nitrogens with zero attached hydrogens (tertiary/aromatic N) is 4. The number of rotatable bonds is 4. The minimum atomic E-state index is -0.231. The van der Waals surface area contributed by atoms with Crippen LogP contribution in [-0.4, -0.2) is 31.9 Å². The van der Waals surface area contributed by atoms with Gasteiger partial charge in [-0.1, -0.05) is 18.2 Å².